The predicted octanol–water partition coefficient (Wildman–Crippen LogP) is 3.21. The van der Waals surface area contributed by atoms with E-state index >= 15 is 0 Å². The fourth-order valence-corrected chi connectivity index (χ4v) is 3.39. The first-order valence-electron chi connectivity index (χ1n) is 10.7. The van der Waals surface area contributed by atoms with Crippen LogP contribution in [-0.2, 0) is 23.8 Å². The van der Waals surface area contributed by atoms with Crippen LogP contribution in [0, 0.1) is 5.41 Å². The molecule has 8 heteroatoms. The number of ether oxygens (including phenoxy) is 3. The number of benzene rings is 1. The number of esters is 1. The standard InChI is InChI=1S/C23H35NO7/c1-15(17-9-8-16(25)13-18(17)26)7-10-19(27)29-12-6-11-24-21(28)20-22(2,3)14-30-23(4,5)31-20/h8-9,13,15,20,25-26H,6-7,10-12,14H2,1-5H3,(H,24,28). The number of carbonyl (C=O) groups excluding carboxylic acids is 2. The highest BCUT2D eigenvalue weighted by Crippen LogP contribution is 2.35. The molecule has 1 fully saturated rings. The number of aromatic hydroxyl groups is 2. The van der Waals surface area contributed by atoms with E-state index in [0.29, 0.717) is 31.6 Å². The minimum absolute atomic E-state index is 0.00407. The monoisotopic (exact) mass is 437 g/mol. The quantitative estimate of drug-likeness (QED) is 0.401. The first kappa shape index (κ1) is 24.9. The van der Waals surface area contributed by atoms with Gasteiger partial charge in [-0.1, -0.05) is 26.8 Å². The normalized spacial score (nSPS) is 20.6. The summed E-state index contributed by atoms with van der Waals surface area (Å²) in [6.45, 7) is 10.3. The Hall–Kier alpha value is -2.32. The zero-order chi connectivity index (χ0) is 23.2. The molecule has 0 bridgehead atoms. The molecule has 2 unspecified atom stereocenters. The smallest absolute Gasteiger partial charge is 0.305 e. The molecular weight excluding hydrogens is 402 g/mol. The van der Waals surface area contributed by atoms with Crippen molar-refractivity contribution >= 4 is 11.9 Å². The first-order chi connectivity index (χ1) is 14.4. The lowest BCUT2D eigenvalue weighted by Gasteiger charge is -2.44. The second kappa shape index (κ2) is 10.3. The van der Waals surface area contributed by atoms with Gasteiger partial charge in [0.15, 0.2) is 5.79 Å². The summed E-state index contributed by atoms with van der Waals surface area (Å²) in [5.41, 5.74) is 0.240. The van der Waals surface area contributed by atoms with E-state index in [0.717, 1.165) is 0 Å². The largest absolute Gasteiger partial charge is 0.508 e. The number of phenols is 2. The molecule has 174 valence electrons. The predicted molar refractivity (Wildman–Crippen MR) is 115 cm³/mol. The average molecular weight is 438 g/mol. The van der Waals surface area contributed by atoms with Crippen LogP contribution in [-0.4, -0.2) is 53.7 Å². The number of nitrogens with one attached hydrogen (secondary N) is 1. The van der Waals surface area contributed by atoms with E-state index in [-0.39, 0.29) is 42.3 Å². The number of carbonyl (C=O) groups is 2. The molecule has 0 aromatic heterocycles. The van der Waals surface area contributed by atoms with Gasteiger partial charge in [-0.25, -0.2) is 0 Å². The van der Waals surface area contributed by atoms with Crippen LogP contribution in [0.2, 0.25) is 0 Å². The van der Waals surface area contributed by atoms with Crippen molar-refractivity contribution in [2.24, 2.45) is 5.41 Å². The second-order valence-corrected chi connectivity index (χ2v) is 9.22. The molecule has 2 atom stereocenters. The SMILES string of the molecule is CC(CCC(=O)OCCCNC(=O)C1OC(C)(C)OCC1(C)C)c1ccc(O)cc1O. The van der Waals surface area contributed by atoms with Crippen molar-refractivity contribution < 1.29 is 34.0 Å². The Labute approximate surface area is 183 Å². The van der Waals surface area contributed by atoms with E-state index < -0.39 is 17.3 Å². The van der Waals surface area contributed by atoms with Crippen LogP contribution in [0.15, 0.2) is 18.2 Å². The lowest BCUT2D eigenvalue weighted by Crippen LogP contribution is -2.56. The van der Waals surface area contributed by atoms with Crippen LogP contribution in [0.5, 0.6) is 11.5 Å². The topological polar surface area (TPSA) is 114 Å². The number of hydrogen-bond acceptors (Lipinski definition) is 7. The van der Waals surface area contributed by atoms with Crippen molar-refractivity contribution in [3.05, 3.63) is 23.8 Å². The van der Waals surface area contributed by atoms with Crippen molar-refractivity contribution in [2.45, 2.75) is 71.7 Å². The van der Waals surface area contributed by atoms with E-state index in [2.05, 4.69) is 5.32 Å². The Morgan fingerprint density at radius 1 is 1.26 bits per heavy atom. The summed E-state index contributed by atoms with van der Waals surface area (Å²) in [7, 11) is 0. The average Bonchev–Trinajstić information content (AvgIpc) is 2.68. The molecule has 2 rings (SSSR count). The summed E-state index contributed by atoms with van der Waals surface area (Å²) in [6, 6.07) is 4.44. The minimum Gasteiger partial charge on any atom is -0.508 e. The molecule has 8 nitrogen and oxygen atoms in total. The molecule has 0 spiro atoms. The van der Waals surface area contributed by atoms with Gasteiger partial charge in [0.25, 0.3) is 0 Å². The minimum atomic E-state index is -0.804. The molecule has 1 aliphatic heterocycles. The van der Waals surface area contributed by atoms with Gasteiger partial charge in [0, 0.05) is 24.4 Å². The lowest BCUT2D eigenvalue weighted by atomic mass is 9.85. The van der Waals surface area contributed by atoms with Gasteiger partial charge in [0.2, 0.25) is 5.91 Å². The number of amides is 1. The third-order valence-electron chi connectivity index (χ3n) is 5.35. The highest BCUT2D eigenvalue weighted by Gasteiger charge is 2.45. The Morgan fingerprint density at radius 3 is 2.65 bits per heavy atom. The molecule has 0 aliphatic carbocycles. The molecule has 3 N–H and O–H groups in total. The molecule has 1 heterocycles. The summed E-state index contributed by atoms with van der Waals surface area (Å²) in [5, 5.41) is 22.1. The van der Waals surface area contributed by atoms with E-state index in [1.54, 1.807) is 19.9 Å². The lowest BCUT2D eigenvalue weighted by molar-refractivity contribution is -0.304. The van der Waals surface area contributed by atoms with Gasteiger partial charge in [-0.05, 0) is 44.2 Å². The first-order valence-corrected chi connectivity index (χ1v) is 10.7. The van der Waals surface area contributed by atoms with Gasteiger partial charge in [-0.3, -0.25) is 9.59 Å². The summed E-state index contributed by atoms with van der Waals surface area (Å²) < 4.78 is 16.7. The van der Waals surface area contributed by atoms with Gasteiger partial charge in [-0.2, -0.15) is 0 Å². The molecule has 1 aromatic rings. The molecule has 1 aliphatic rings. The zero-order valence-corrected chi connectivity index (χ0v) is 19.1. The second-order valence-electron chi connectivity index (χ2n) is 9.22. The van der Waals surface area contributed by atoms with Gasteiger partial charge in [0.1, 0.15) is 17.6 Å². The molecule has 1 saturated heterocycles. The van der Waals surface area contributed by atoms with Crippen molar-refractivity contribution in [2.75, 3.05) is 19.8 Å². The van der Waals surface area contributed by atoms with Crippen molar-refractivity contribution in [1.82, 2.24) is 5.32 Å². The fourth-order valence-electron chi connectivity index (χ4n) is 3.39. The molecule has 1 amide bonds. The third-order valence-corrected chi connectivity index (χ3v) is 5.35. The molecule has 0 radical (unpaired) electrons. The summed E-state index contributed by atoms with van der Waals surface area (Å²) in [6.07, 6.45) is 0.614. The number of hydrogen-bond donors (Lipinski definition) is 3. The van der Waals surface area contributed by atoms with Crippen molar-refractivity contribution in [1.29, 1.82) is 0 Å². The van der Waals surface area contributed by atoms with Crippen LogP contribution in [0.4, 0.5) is 0 Å². The van der Waals surface area contributed by atoms with Crippen LogP contribution in [0.3, 0.4) is 0 Å². The molecule has 1 aromatic carbocycles. The Kier molecular flexibility index (Phi) is 8.31. The summed E-state index contributed by atoms with van der Waals surface area (Å²) in [5.74, 6) is -1.38. The van der Waals surface area contributed by atoms with Crippen LogP contribution in [0.1, 0.15) is 65.4 Å². The van der Waals surface area contributed by atoms with E-state index in [1.165, 1.54) is 12.1 Å². The van der Waals surface area contributed by atoms with Crippen molar-refractivity contribution in [3.8, 4) is 11.5 Å². The number of phenolic OH excluding ortho intramolecular Hbond substituents is 2. The van der Waals surface area contributed by atoms with E-state index in [4.69, 9.17) is 14.2 Å². The fraction of sp³-hybridized carbons (Fsp3) is 0.652. The Balaban J connectivity index is 1.66. The van der Waals surface area contributed by atoms with Crippen LogP contribution in [0.25, 0.3) is 0 Å². The molecule has 0 saturated carbocycles. The zero-order valence-electron chi connectivity index (χ0n) is 19.1. The molecular formula is C23H35NO7. The summed E-state index contributed by atoms with van der Waals surface area (Å²) >= 11 is 0. The van der Waals surface area contributed by atoms with E-state index in [1.807, 2.05) is 20.8 Å². The summed E-state index contributed by atoms with van der Waals surface area (Å²) in [4.78, 5) is 24.5. The van der Waals surface area contributed by atoms with Crippen LogP contribution < -0.4 is 5.32 Å². The van der Waals surface area contributed by atoms with Gasteiger partial charge >= 0.3 is 5.97 Å². The highest BCUT2D eigenvalue weighted by atomic mass is 16.7. The highest BCUT2D eigenvalue weighted by molar-refractivity contribution is 5.81. The van der Waals surface area contributed by atoms with Crippen LogP contribution >= 0.6 is 0 Å². The maximum absolute atomic E-state index is 12.5. The van der Waals surface area contributed by atoms with Gasteiger partial charge < -0.3 is 29.7 Å². The van der Waals surface area contributed by atoms with E-state index in [9.17, 15) is 19.8 Å². The number of rotatable bonds is 9. The van der Waals surface area contributed by atoms with Crippen molar-refractivity contribution in [3.63, 3.8) is 0 Å². The Bertz CT molecular complexity index is 775. The maximum Gasteiger partial charge on any atom is 0.305 e. The third kappa shape index (κ3) is 7.40. The Morgan fingerprint density at radius 2 is 1.97 bits per heavy atom. The van der Waals surface area contributed by atoms with Gasteiger partial charge in [-0.15, -0.1) is 0 Å². The molecule has 31 heavy (non-hydrogen) atoms. The van der Waals surface area contributed by atoms with Gasteiger partial charge in [0.05, 0.1) is 13.2 Å². The maximum atomic E-state index is 12.5.